The fourth-order valence-electron chi connectivity index (χ4n) is 3.70. The average molecular weight is 343 g/mol. The van der Waals surface area contributed by atoms with Crippen LogP contribution in [0.5, 0.6) is 5.75 Å². The Morgan fingerprint density at radius 1 is 1.40 bits per heavy atom. The fraction of sp³-hybridized carbons (Fsp3) is 0.579. The second-order valence-corrected chi connectivity index (χ2v) is 7.17. The number of ether oxygens (including phenoxy) is 2. The Bertz CT molecular complexity index is 664. The van der Waals surface area contributed by atoms with E-state index in [1.54, 1.807) is 11.2 Å². The number of benzene rings is 1. The van der Waals surface area contributed by atoms with Gasteiger partial charge in [-0.1, -0.05) is 0 Å². The van der Waals surface area contributed by atoms with Crippen molar-refractivity contribution in [3.05, 3.63) is 23.8 Å². The maximum absolute atomic E-state index is 12.2. The second kappa shape index (κ2) is 6.94. The Kier molecular flexibility index (Phi) is 4.51. The van der Waals surface area contributed by atoms with Crippen LogP contribution in [-0.2, 0) is 4.74 Å². The Labute approximate surface area is 148 Å². The summed E-state index contributed by atoms with van der Waals surface area (Å²) in [4.78, 5) is 18.3. The molecule has 2 atom stereocenters. The number of nitrogens with one attached hydrogen (secondary N) is 1. The molecule has 0 bridgehead atoms. The van der Waals surface area contributed by atoms with Crippen molar-refractivity contribution < 1.29 is 14.3 Å². The van der Waals surface area contributed by atoms with Crippen molar-refractivity contribution in [3.63, 3.8) is 0 Å². The zero-order valence-electron chi connectivity index (χ0n) is 14.6. The lowest BCUT2D eigenvalue weighted by Gasteiger charge is -2.30. The van der Waals surface area contributed by atoms with Crippen LogP contribution in [0.2, 0.25) is 0 Å². The van der Waals surface area contributed by atoms with E-state index in [1.807, 2.05) is 12.1 Å². The number of methoxy groups -OCH3 is 1. The molecule has 3 aliphatic rings. The molecule has 0 aromatic heterocycles. The lowest BCUT2D eigenvalue weighted by Crippen LogP contribution is -2.33. The molecule has 2 heterocycles. The normalized spacial score (nSPS) is 24.2. The number of hydrogen-bond donors (Lipinski definition) is 1. The molecule has 4 rings (SSSR count). The van der Waals surface area contributed by atoms with Gasteiger partial charge in [0.05, 0.1) is 26.6 Å². The summed E-state index contributed by atoms with van der Waals surface area (Å²) in [5.74, 6) is 1.96. The van der Waals surface area contributed by atoms with Crippen LogP contribution in [0.15, 0.2) is 23.2 Å². The number of amides is 1. The Morgan fingerprint density at radius 3 is 3.00 bits per heavy atom. The highest BCUT2D eigenvalue weighted by Crippen LogP contribution is 2.40. The van der Waals surface area contributed by atoms with Gasteiger partial charge in [-0.15, -0.1) is 0 Å². The van der Waals surface area contributed by atoms with Gasteiger partial charge in [-0.2, -0.15) is 0 Å². The Hall–Kier alpha value is -2.24. The van der Waals surface area contributed by atoms with E-state index in [2.05, 4.69) is 16.4 Å². The van der Waals surface area contributed by atoms with Crippen LogP contribution in [0, 0.1) is 5.92 Å². The van der Waals surface area contributed by atoms with Crippen LogP contribution in [-0.4, -0.2) is 45.3 Å². The highest BCUT2D eigenvalue weighted by molar-refractivity contribution is 5.88. The summed E-state index contributed by atoms with van der Waals surface area (Å²) in [6.07, 6.45) is 5.92. The molecule has 1 aromatic carbocycles. The van der Waals surface area contributed by atoms with Gasteiger partial charge in [0.25, 0.3) is 0 Å². The molecule has 6 nitrogen and oxygen atoms in total. The first-order valence-corrected chi connectivity index (χ1v) is 9.11. The van der Waals surface area contributed by atoms with Gasteiger partial charge >= 0.3 is 6.09 Å². The first-order chi connectivity index (χ1) is 12.2. The van der Waals surface area contributed by atoms with E-state index in [9.17, 15) is 4.79 Å². The van der Waals surface area contributed by atoms with Crippen molar-refractivity contribution in [1.82, 2.24) is 5.32 Å². The summed E-state index contributed by atoms with van der Waals surface area (Å²) in [5.41, 5.74) is 2.10. The van der Waals surface area contributed by atoms with E-state index < -0.39 is 0 Å². The summed E-state index contributed by atoms with van der Waals surface area (Å²) in [5, 5.41) is 3.32. The zero-order valence-corrected chi connectivity index (χ0v) is 14.6. The largest absolute Gasteiger partial charge is 0.493 e. The average Bonchev–Trinajstić information content (AvgIpc) is 3.33. The third-order valence-corrected chi connectivity index (χ3v) is 5.30. The van der Waals surface area contributed by atoms with Gasteiger partial charge in [0.1, 0.15) is 5.75 Å². The maximum atomic E-state index is 12.2. The summed E-state index contributed by atoms with van der Waals surface area (Å²) >= 11 is 0. The van der Waals surface area contributed by atoms with Gasteiger partial charge in [0.15, 0.2) is 0 Å². The minimum absolute atomic E-state index is 0.286. The molecule has 1 aromatic rings. The van der Waals surface area contributed by atoms with E-state index in [1.165, 1.54) is 25.5 Å². The first-order valence-electron chi connectivity index (χ1n) is 9.11. The maximum Gasteiger partial charge on any atom is 0.414 e. The molecule has 0 saturated heterocycles. The van der Waals surface area contributed by atoms with Gasteiger partial charge in [-0.3, -0.25) is 9.89 Å². The highest BCUT2D eigenvalue weighted by atomic mass is 16.5. The summed E-state index contributed by atoms with van der Waals surface area (Å²) in [6, 6.07) is 6.48. The number of fused-ring (bicyclic) bond motifs is 1. The predicted molar refractivity (Wildman–Crippen MR) is 96.7 cm³/mol. The molecule has 1 amide bonds. The summed E-state index contributed by atoms with van der Waals surface area (Å²) < 4.78 is 10.8. The second-order valence-electron chi connectivity index (χ2n) is 7.17. The molecule has 1 N–H and O–H groups in total. The van der Waals surface area contributed by atoms with Gasteiger partial charge in [-0.05, 0) is 61.3 Å². The molecule has 134 valence electrons. The van der Waals surface area contributed by atoms with Crippen molar-refractivity contribution in [3.8, 4) is 5.75 Å². The number of carbonyl (C=O) groups is 1. The number of hydrogen-bond acceptors (Lipinski definition) is 5. The van der Waals surface area contributed by atoms with E-state index in [4.69, 9.17) is 9.47 Å². The van der Waals surface area contributed by atoms with Crippen LogP contribution in [0.1, 0.15) is 37.2 Å². The number of carbonyl (C=O) groups excluding carboxylic acids is 1. The monoisotopic (exact) mass is 343 g/mol. The highest BCUT2D eigenvalue weighted by Gasteiger charge is 2.30. The predicted octanol–water partition coefficient (Wildman–Crippen LogP) is 2.93. The van der Waals surface area contributed by atoms with E-state index in [-0.39, 0.29) is 6.09 Å². The molecular formula is C19H25N3O3. The topological polar surface area (TPSA) is 63.2 Å². The number of anilines is 1. The fourth-order valence-corrected chi connectivity index (χ4v) is 3.70. The standard InChI is InChI=1S/C19H25N3O3/c1-24-19(23)22(11-13-2-3-13)16-4-5-18-17(9-16)14(6-7-25-18)8-15-10-20-12-21-15/h4-5,9,12-15H,2-3,6-8,10-11H2,1H3,(H,20,21). The van der Waals surface area contributed by atoms with E-state index in [0.717, 1.165) is 44.0 Å². The molecule has 0 radical (unpaired) electrons. The molecule has 2 aliphatic heterocycles. The number of rotatable bonds is 5. The molecule has 1 aliphatic carbocycles. The van der Waals surface area contributed by atoms with Crippen molar-refractivity contribution >= 4 is 18.1 Å². The third-order valence-electron chi connectivity index (χ3n) is 5.30. The number of aliphatic imine (C=N–C) groups is 1. The Balaban J connectivity index is 1.58. The van der Waals surface area contributed by atoms with Gasteiger partial charge in [-0.25, -0.2) is 4.79 Å². The molecular weight excluding hydrogens is 318 g/mol. The quantitative estimate of drug-likeness (QED) is 0.893. The van der Waals surface area contributed by atoms with Gasteiger partial charge in [0, 0.05) is 18.3 Å². The number of nitrogens with zero attached hydrogens (tertiary/aromatic N) is 2. The molecule has 2 unspecified atom stereocenters. The SMILES string of the molecule is COC(=O)N(CC1CC1)c1ccc2c(c1)C(CC1CN=CN1)CCO2. The summed E-state index contributed by atoms with van der Waals surface area (Å²) in [7, 11) is 1.44. The van der Waals surface area contributed by atoms with Crippen molar-refractivity contribution in [2.75, 3.05) is 31.7 Å². The van der Waals surface area contributed by atoms with Crippen LogP contribution in [0.25, 0.3) is 0 Å². The van der Waals surface area contributed by atoms with Crippen molar-refractivity contribution in [1.29, 1.82) is 0 Å². The zero-order chi connectivity index (χ0) is 17.2. The minimum Gasteiger partial charge on any atom is -0.493 e. The van der Waals surface area contributed by atoms with Gasteiger partial charge < -0.3 is 14.8 Å². The molecule has 1 fully saturated rings. The smallest absolute Gasteiger partial charge is 0.414 e. The summed E-state index contributed by atoms with van der Waals surface area (Å²) in [6.45, 7) is 2.31. The van der Waals surface area contributed by atoms with E-state index >= 15 is 0 Å². The van der Waals surface area contributed by atoms with Crippen molar-refractivity contribution in [2.24, 2.45) is 10.9 Å². The third kappa shape index (κ3) is 3.57. The molecule has 0 spiro atoms. The van der Waals surface area contributed by atoms with Crippen LogP contribution < -0.4 is 15.0 Å². The van der Waals surface area contributed by atoms with Crippen LogP contribution >= 0.6 is 0 Å². The van der Waals surface area contributed by atoms with Crippen molar-refractivity contribution in [2.45, 2.75) is 37.6 Å². The minimum atomic E-state index is -0.286. The van der Waals surface area contributed by atoms with Crippen LogP contribution in [0.4, 0.5) is 10.5 Å². The van der Waals surface area contributed by atoms with Gasteiger partial charge in [0.2, 0.25) is 0 Å². The molecule has 1 saturated carbocycles. The van der Waals surface area contributed by atoms with E-state index in [0.29, 0.717) is 17.9 Å². The molecule has 25 heavy (non-hydrogen) atoms. The first kappa shape index (κ1) is 16.2. The lowest BCUT2D eigenvalue weighted by atomic mass is 9.87. The van der Waals surface area contributed by atoms with Crippen LogP contribution in [0.3, 0.4) is 0 Å². The lowest BCUT2D eigenvalue weighted by molar-refractivity contribution is 0.178. The molecule has 6 heteroatoms. The Morgan fingerprint density at radius 2 is 2.28 bits per heavy atom.